The van der Waals surface area contributed by atoms with Crippen LogP contribution in [0.3, 0.4) is 0 Å². The largest absolute Gasteiger partial charge is 0.480 e. The molecule has 0 aromatic carbocycles. The Hall–Kier alpha value is -0.540. The molecule has 1 rings (SSSR count). The number of hydrogen-bond donors (Lipinski definition) is 2. The molecule has 10 heavy (non-hydrogen) atoms. The van der Waals surface area contributed by atoms with Crippen LogP contribution in [-0.2, 0) is 4.79 Å². The van der Waals surface area contributed by atoms with Crippen molar-refractivity contribution in [1.29, 1.82) is 0 Å². The van der Waals surface area contributed by atoms with Crippen LogP contribution in [-0.4, -0.2) is 23.7 Å². The second-order valence-electron chi connectivity index (χ2n) is 2.23. The molecule has 1 heterocycles. The van der Waals surface area contributed by atoms with Crippen molar-refractivity contribution < 1.29 is 9.90 Å². The first-order valence-electron chi connectivity index (χ1n) is 2.83. The van der Waals surface area contributed by atoms with Crippen molar-refractivity contribution >= 4 is 18.4 Å². The lowest BCUT2D eigenvalue weighted by Crippen LogP contribution is -2.29. The van der Waals surface area contributed by atoms with Crippen LogP contribution in [0.4, 0.5) is 0 Å². The summed E-state index contributed by atoms with van der Waals surface area (Å²) in [6.45, 7) is 4.31. The molecule has 3 nitrogen and oxygen atoms in total. The van der Waals surface area contributed by atoms with Gasteiger partial charge in [-0.15, -0.1) is 12.4 Å². The highest BCUT2D eigenvalue weighted by atomic mass is 35.5. The minimum atomic E-state index is -0.784. The zero-order chi connectivity index (χ0) is 6.85. The lowest BCUT2D eigenvalue weighted by molar-refractivity contribution is -0.138. The predicted molar refractivity (Wildman–Crippen MR) is 40.4 cm³/mol. The average molecular weight is 164 g/mol. The van der Waals surface area contributed by atoms with Crippen molar-refractivity contribution in [2.24, 2.45) is 0 Å². The summed E-state index contributed by atoms with van der Waals surface area (Å²) in [6.07, 6.45) is 0.579. The Morgan fingerprint density at radius 2 is 2.40 bits per heavy atom. The van der Waals surface area contributed by atoms with Gasteiger partial charge in [0.05, 0.1) is 0 Å². The maximum absolute atomic E-state index is 10.2. The summed E-state index contributed by atoms with van der Waals surface area (Å²) in [7, 11) is 0. The lowest BCUT2D eigenvalue weighted by Gasteiger charge is -1.99. The molecule has 0 aromatic heterocycles. The summed E-state index contributed by atoms with van der Waals surface area (Å²) in [4.78, 5) is 10.2. The van der Waals surface area contributed by atoms with Crippen LogP contribution in [0.2, 0.25) is 0 Å². The number of aliphatic carboxylic acids is 1. The van der Waals surface area contributed by atoms with Gasteiger partial charge in [0.2, 0.25) is 0 Å². The smallest absolute Gasteiger partial charge is 0.321 e. The van der Waals surface area contributed by atoms with Crippen LogP contribution >= 0.6 is 12.4 Å². The van der Waals surface area contributed by atoms with Crippen molar-refractivity contribution in [3.8, 4) is 0 Å². The van der Waals surface area contributed by atoms with E-state index in [-0.39, 0.29) is 12.4 Å². The average Bonchev–Trinajstić information content (AvgIpc) is 2.14. The summed E-state index contributed by atoms with van der Waals surface area (Å²) in [6, 6.07) is -0.391. The Labute approximate surface area is 65.5 Å². The number of carboxylic acids is 1. The molecular formula is C6H10ClNO2. The summed E-state index contributed by atoms with van der Waals surface area (Å²) < 4.78 is 0. The van der Waals surface area contributed by atoms with E-state index >= 15 is 0 Å². The van der Waals surface area contributed by atoms with E-state index < -0.39 is 12.0 Å². The van der Waals surface area contributed by atoms with E-state index in [9.17, 15) is 4.79 Å². The van der Waals surface area contributed by atoms with E-state index in [0.29, 0.717) is 13.0 Å². The highest BCUT2D eigenvalue weighted by Gasteiger charge is 2.22. The van der Waals surface area contributed by atoms with Crippen molar-refractivity contribution in [2.75, 3.05) is 6.54 Å². The van der Waals surface area contributed by atoms with E-state index in [0.717, 1.165) is 5.57 Å². The number of nitrogens with one attached hydrogen (secondary N) is 1. The Balaban J connectivity index is 0.000000810. The summed E-state index contributed by atoms with van der Waals surface area (Å²) >= 11 is 0. The van der Waals surface area contributed by atoms with Crippen molar-refractivity contribution in [3.63, 3.8) is 0 Å². The molecule has 0 amide bonds. The molecular weight excluding hydrogens is 154 g/mol. The molecule has 1 atom stereocenters. The highest BCUT2D eigenvalue weighted by molar-refractivity contribution is 5.85. The van der Waals surface area contributed by atoms with Crippen LogP contribution in [0.15, 0.2) is 12.2 Å². The third-order valence-electron chi connectivity index (χ3n) is 1.39. The minimum Gasteiger partial charge on any atom is -0.480 e. The maximum atomic E-state index is 10.2. The van der Waals surface area contributed by atoms with E-state index in [1.165, 1.54) is 0 Å². The number of carbonyl (C=O) groups is 1. The van der Waals surface area contributed by atoms with Gasteiger partial charge in [0, 0.05) is 6.54 Å². The summed E-state index contributed by atoms with van der Waals surface area (Å²) in [5.41, 5.74) is 0.974. The molecule has 0 aliphatic carbocycles. The lowest BCUT2D eigenvalue weighted by atomic mass is 10.2. The monoisotopic (exact) mass is 163 g/mol. The fourth-order valence-corrected chi connectivity index (χ4v) is 0.875. The Morgan fingerprint density at radius 3 is 2.60 bits per heavy atom. The zero-order valence-electron chi connectivity index (χ0n) is 5.46. The molecule has 0 aromatic rings. The molecule has 0 spiro atoms. The van der Waals surface area contributed by atoms with Gasteiger partial charge in [-0.25, -0.2) is 0 Å². The maximum Gasteiger partial charge on any atom is 0.321 e. The van der Waals surface area contributed by atoms with E-state index in [1.807, 2.05) is 0 Å². The zero-order valence-corrected chi connectivity index (χ0v) is 6.28. The first-order chi connectivity index (χ1) is 4.20. The van der Waals surface area contributed by atoms with Crippen LogP contribution in [0.25, 0.3) is 0 Å². The van der Waals surface area contributed by atoms with Crippen LogP contribution in [0.1, 0.15) is 6.42 Å². The fraction of sp³-hybridized carbons (Fsp3) is 0.500. The normalized spacial score (nSPS) is 24.0. The van der Waals surface area contributed by atoms with Gasteiger partial charge in [-0.05, 0) is 6.42 Å². The quantitative estimate of drug-likeness (QED) is 0.551. The first kappa shape index (κ1) is 9.46. The van der Waals surface area contributed by atoms with Gasteiger partial charge in [0.15, 0.2) is 0 Å². The van der Waals surface area contributed by atoms with Crippen LogP contribution in [0.5, 0.6) is 0 Å². The Bertz CT molecular complexity index is 158. The van der Waals surface area contributed by atoms with E-state index in [1.54, 1.807) is 0 Å². The molecule has 1 aliphatic rings. The number of rotatable bonds is 1. The van der Waals surface area contributed by atoms with Gasteiger partial charge in [0.25, 0.3) is 0 Å². The molecule has 0 radical (unpaired) electrons. The number of halogens is 1. The number of hydrogen-bond acceptors (Lipinski definition) is 2. The molecule has 4 heteroatoms. The SMILES string of the molecule is C=C1CNC(C(=O)O)C1.Cl. The second kappa shape index (κ2) is 3.58. The molecule has 1 saturated heterocycles. The summed E-state index contributed by atoms with van der Waals surface area (Å²) in [5.74, 6) is -0.784. The van der Waals surface area contributed by atoms with Crippen LogP contribution < -0.4 is 5.32 Å². The van der Waals surface area contributed by atoms with Gasteiger partial charge in [-0.2, -0.15) is 0 Å². The van der Waals surface area contributed by atoms with Crippen molar-refractivity contribution in [3.05, 3.63) is 12.2 Å². The molecule has 1 fully saturated rings. The fourth-order valence-electron chi connectivity index (χ4n) is 0.875. The van der Waals surface area contributed by atoms with E-state index in [4.69, 9.17) is 5.11 Å². The molecule has 0 bridgehead atoms. The Kier molecular flexibility index (Phi) is 3.39. The topological polar surface area (TPSA) is 49.3 Å². The first-order valence-corrected chi connectivity index (χ1v) is 2.83. The molecule has 1 aliphatic heterocycles. The Morgan fingerprint density at radius 1 is 1.80 bits per heavy atom. The third-order valence-corrected chi connectivity index (χ3v) is 1.39. The second-order valence-corrected chi connectivity index (χ2v) is 2.23. The third kappa shape index (κ3) is 2.01. The molecule has 2 N–H and O–H groups in total. The van der Waals surface area contributed by atoms with Crippen LogP contribution in [0, 0.1) is 0 Å². The molecule has 0 saturated carbocycles. The summed E-state index contributed by atoms with van der Waals surface area (Å²) in [5, 5.41) is 11.2. The predicted octanol–water partition coefficient (Wildman–Crippen LogP) is 0.411. The molecule has 58 valence electrons. The number of carboxylic acid groups (broad SMARTS) is 1. The van der Waals surface area contributed by atoms with E-state index in [2.05, 4.69) is 11.9 Å². The van der Waals surface area contributed by atoms with Crippen molar-refractivity contribution in [2.45, 2.75) is 12.5 Å². The van der Waals surface area contributed by atoms with Gasteiger partial charge in [0.1, 0.15) is 6.04 Å². The highest BCUT2D eigenvalue weighted by Crippen LogP contribution is 2.09. The molecule has 1 unspecified atom stereocenters. The van der Waals surface area contributed by atoms with Gasteiger partial charge >= 0.3 is 5.97 Å². The standard InChI is InChI=1S/C6H9NO2.ClH/c1-4-2-5(6(8)9)7-3-4;/h5,7H,1-3H2,(H,8,9);1H. The van der Waals surface area contributed by atoms with Crippen molar-refractivity contribution in [1.82, 2.24) is 5.32 Å². The van der Waals surface area contributed by atoms with Gasteiger partial charge < -0.3 is 10.4 Å². The minimum absolute atomic E-state index is 0. The van der Waals surface area contributed by atoms with Gasteiger partial charge in [-0.1, -0.05) is 12.2 Å². The van der Waals surface area contributed by atoms with Gasteiger partial charge in [-0.3, -0.25) is 4.79 Å².